The Labute approximate surface area is 212 Å². The molecule has 0 aliphatic carbocycles. The van der Waals surface area contributed by atoms with Crippen LogP contribution in [0.1, 0.15) is 22.3 Å². The summed E-state index contributed by atoms with van der Waals surface area (Å²) in [5.41, 5.74) is 4.18. The number of amides is 1. The van der Waals surface area contributed by atoms with Crippen LogP contribution in [0.5, 0.6) is 11.5 Å². The largest absolute Gasteiger partial charge is 0.493 e. The molecular formula is C26H22ClIN2O3. The molecule has 5 nitrogen and oxygen atoms in total. The van der Waals surface area contributed by atoms with Crippen molar-refractivity contribution in [2.24, 2.45) is 0 Å². The summed E-state index contributed by atoms with van der Waals surface area (Å²) in [5.74, 6) is 0.630. The maximum Gasteiger partial charge on any atom is 0.266 e. The molecule has 0 aliphatic heterocycles. The molecule has 0 saturated carbocycles. The fraction of sp³-hybridized carbons (Fsp3) is 0.154. The van der Waals surface area contributed by atoms with Gasteiger partial charge in [-0.2, -0.15) is 5.26 Å². The third-order valence-electron chi connectivity index (χ3n) is 4.94. The van der Waals surface area contributed by atoms with E-state index < -0.39 is 5.91 Å². The van der Waals surface area contributed by atoms with Crippen LogP contribution in [0.15, 0.2) is 60.2 Å². The van der Waals surface area contributed by atoms with Crippen molar-refractivity contribution >= 4 is 51.9 Å². The maximum absolute atomic E-state index is 12.8. The highest BCUT2D eigenvalue weighted by Gasteiger charge is 2.15. The Morgan fingerprint density at radius 1 is 1.15 bits per heavy atom. The number of benzene rings is 3. The number of nitrogens with one attached hydrogen (secondary N) is 1. The number of methoxy groups -OCH3 is 1. The lowest BCUT2D eigenvalue weighted by molar-refractivity contribution is -0.112. The summed E-state index contributed by atoms with van der Waals surface area (Å²) in [6.45, 7) is 4.17. The molecule has 1 N–H and O–H groups in total. The number of carbonyl (C=O) groups is 1. The summed E-state index contributed by atoms with van der Waals surface area (Å²) >= 11 is 8.08. The molecule has 0 bridgehead atoms. The smallest absolute Gasteiger partial charge is 0.266 e. The number of nitriles is 1. The Bertz CT molecular complexity index is 1230. The minimum absolute atomic E-state index is 0.00895. The van der Waals surface area contributed by atoms with Crippen molar-refractivity contribution in [3.05, 3.63) is 91.0 Å². The molecule has 0 radical (unpaired) electrons. The first-order valence-corrected chi connectivity index (χ1v) is 11.5. The quantitative estimate of drug-likeness (QED) is 0.194. The number of aryl methyl sites for hydroxylation is 2. The van der Waals surface area contributed by atoms with Gasteiger partial charge in [-0.05, 0) is 89.0 Å². The number of para-hydroxylation sites is 1. The third kappa shape index (κ3) is 6.28. The average molecular weight is 573 g/mol. The molecule has 3 rings (SSSR count). The van der Waals surface area contributed by atoms with Crippen molar-refractivity contribution in [2.75, 3.05) is 12.4 Å². The van der Waals surface area contributed by atoms with Crippen molar-refractivity contribution in [3.8, 4) is 17.6 Å². The molecule has 3 aromatic rings. The van der Waals surface area contributed by atoms with Gasteiger partial charge in [0.2, 0.25) is 0 Å². The van der Waals surface area contributed by atoms with Gasteiger partial charge in [-0.1, -0.05) is 41.9 Å². The number of hydrogen-bond donors (Lipinski definition) is 1. The van der Waals surface area contributed by atoms with Crippen LogP contribution in [0.3, 0.4) is 0 Å². The molecule has 33 heavy (non-hydrogen) atoms. The summed E-state index contributed by atoms with van der Waals surface area (Å²) in [5, 5.41) is 13.1. The Kier molecular flexibility index (Phi) is 8.37. The monoisotopic (exact) mass is 572 g/mol. The predicted molar refractivity (Wildman–Crippen MR) is 140 cm³/mol. The molecular weight excluding hydrogens is 551 g/mol. The van der Waals surface area contributed by atoms with Gasteiger partial charge >= 0.3 is 0 Å². The van der Waals surface area contributed by atoms with Gasteiger partial charge in [0.25, 0.3) is 5.91 Å². The molecule has 7 heteroatoms. The van der Waals surface area contributed by atoms with Crippen molar-refractivity contribution in [1.82, 2.24) is 0 Å². The fourth-order valence-corrected chi connectivity index (χ4v) is 4.11. The fourth-order valence-electron chi connectivity index (χ4n) is 3.21. The molecule has 0 atom stereocenters. The van der Waals surface area contributed by atoms with E-state index in [1.54, 1.807) is 13.2 Å². The van der Waals surface area contributed by atoms with Gasteiger partial charge in [-0.15, -0.1) is 0 Å². The standard InChI is InChI=1S/C26H22ClIN2O3/c1-16-5-4-6-17(2)24(16)30-26(31)20(14-29)11-19-12-22(28)25(23(13-19)32-3)33-15-18-7-9-21(27)10-8-18/h4-13H,15H2,1-3H3,(H,30,31)/b20-11-. The Morgan fingerprint density at radius 3 is 2.42 bits per heavy atom. The molecule has 0 fully saturated rings. The predicted octanol–water partition coefficient (Wildman–Crippen LogP) is 6.69. The van der Waals surface area contributed by atoms with Gasteiger partial charge in [0.05, 0.1) is 10.7 Å². The van der Waals surface area contributed by atoms with E-state index in [2.05, 4.69) is 27.9 Å². The Balaban J connectivity index is 1.84. The number of hydrogen-bond acceptors (Lipinski definition) is 4. The molecule has 0 heterocycles. The maximum atomic E-state index is 12.8. The van der Waals surface area contributed by atoms with E-state index in [4.69, 9.17) is 21.1 Å². The van der Waals surface area contributed by atoms with Crippen molar-refractivity contribution < 1.29 is 14.3 Å². The van der Waals surface area contributed by atoms with Crippen LogP contribution >= 0.6 is 34.2 Å². The number of carbonyl (C=O) groups excluding carboxylic acids is 1. The lowest BCUT2D eigenvalue weighted by atomic mass is 10.1. The molecule has 168 valence electrons. The summed E-state index contributed by atoms with van der Waals surface area (Å²) in [6, 6.07) is 18.7. The summed E-state index contributed by atoms with van der Waals surface area (Å²) < 4.78 is 12.3. The Morgan fingerprint density at radius 2 is 1.82 bits per heavy atom. The Hall–Kier alpha value is -3.02. The number of nitrogens with zero attached hydrogens (tertiary/aromatic N) is 1. The first-order chi connectivity index (χ1) is 15.8. The molecule has 3 aromatic carbocycles. The van der Waals surface area contributed by atoms with E-state index in [1.165, 1.54) is 6.08 Å². The van der Waals surface area contributed by atoms with Crippen LogP contribution < -0.4 is 14.8 Å². The van der Waals surface area contributed by atoms with Crippen molar-refractivity contribution in [1.29, 1.82) is 5.26 Å². The average Bonchev–Trinajstić information content (AvgIpc) is 2.79. The molecule has 0 aromatic heterocycles. The summed E-state index contributed by atoms with van der Waals surface area (Å²) in [7, 11) is 1.55. The van der Waals surface area contributed by atoms with Gasteiger partial charge in [0, 0.05) is 10.7 Å². The van der Waals surface area contributed by atoms with Crippen LogP contribution in [0.25, 0.3) is 6.08 Å². The van der Waals surface area contributed by atoms with Crippen LogP contribution in [0.4, 0.5) is 5.69 Å². The van der Waals surface area contributed by atoms with Gasteiger partial charge < -0.3 is 14.8 Å². The second kappa shape index (κ2) is 11.2. The van der Waals surface area contributed by atoms with E-state index >= 15 is 0 Å². The normalized spacial score (nSPS) is 11.0. The minimum atomic E-state index is -0.466. The zero-order valence-electron chi connectivity index (χ0n) is 18.4. The van der Waals surface area contributed by atoms with Crippen LogP contribution in [-0.4, -0.2) is 13.0 Å². The van der Waals surface area contributed by atoms with E-state index in [1.807, 2.05) is 68.4 Å². The second-order valence-corrected chi connectivity index (χ2v) is 8.94. The highest BCUT2D eigenvalue weighted by Crippen LogP contribution is 2.35. The van der Waals surface area contributed by atoms with E-state index in [-0.39, 0.29) is 5.57 Å². The summed E-state index contributed by atoms with van der Waals surface area (Å²) in [6.07, 6.45) is 1.54. The summed E-state index contributed by atoms with van der Waals surface area (Å²) in [4.78, 5) is 12.8. The topological polar surface area (TPSA) is 71.3 Å². The lowest BCUT2D eigenvalue weighted by Gasteiger charge is -2.14. The molecule has 1 amide bonds. The van der Waals surface area contributed by atoms with E-state index in [0.29, 0.717) is 34.4 Å². The van der Waals surface area contributed by atoms with Crippen LogP contribution in [0, 0.1) is 28.7 Å². The third-order valence-corrected chi connectivity index (χ3v) is 6.00. The van der Waals surface area contributed by atoms with Gasteiger partial charge in [0.15, 0.2) is 11.5 Å². The molecule has 0 unspecified atom stereocenters. The second-order valence-electron chi connectivity index (χ2n) is 7.34. The molecule has 0 aliphatic rings. The molecule has 0 saturated heterocycles. The first-order valence-electron chi connectivity index (χ1n) is 10.1. The number of anilines is 1. The van der Waals surface area contributed by atoms with Gasteiger partial charge in [-0.25, -0.2) is 0 Å². The molecule has 0 spiro atoms. The van der Waals surface area contributed by atoms with Gasteiger partial charge in [0.1, 0.15) is 18.2 Å². The first kappa shape index (κ1) is 24.6. The van der Waals surface area contributed by atoms with Crippen molar-refractivity contribution in [2.45, 2.75) is 20.5 Å². The lowest BCUT2D eigenvalue weighted by Crippen LogP contribution is -2.15. The minimum Gasteiger partial charge on any atom is -0.493 e. The number of ether oxygens (including phenoxy) is 2. The van der Waals surface area contributed by atoms with E-state index in [9.17, 15) is 10.1 Å². The van der Waals surface area contributed by atoms with Crippen LogP contribution in [-0.2, 0) is 11.4 Å². The number of halogens is 2. The van der Waals surface area contributed by atoms with Crippen LogP contribution in [0.2, 0.25) is 5.02 Å². The van der Waals surface area contributed by atoms with Crippen molar-refractivity contribution in [3.63, 3.8) is 0 Å². The number of rotatable bonds is 7. The zero-order chi connectivity index (χ0) is 24.0. The van der Waals surface area contributed by atoms with Gasteiger partial charge in [-0.3, -0.25) is 4.79 Å². The highest BCUT2D eigenvalue weighted by molar-refractivity contribution is 14.1. The SMILES string of the molecule is COc1cc(/C=C(/C#N)C(=O)Nc2c(C)cccc2C)cc(I)c1OCc1ccc(Cl)cc1. The van der Waals surface area contributed by atoms with E-state index in [0.717, 1.165) is 20.3 Å². The highest BCUT2D eigenvalue weighted by atomic mass is 127. The zero-order valence-corrected chi connectivity index (χ0v) is 21.3.